The molecule has 0 aromatic carbocycles. The maximum atomic E-state index is 11.5. The van der Waals surface area contributed by atoms with Crippen LogP contribution in [0, 0.1) is 0 Å². The van der Waals surface area contributed by atoms with Gasteiger partial charge in [0, 0.05) is 18.4 Å². The molecule has 1 aliphatic rings. The number of hydrogen-bond acceptors (Lipinski definition) is 3. The molecule has 0 spiro atoms. The molecule has 1 heterocycles. The van der Waals surface area contributed by atoms with Gasteiger partial charge in [0.2, 0.25) is 5.91 Å². The number of hydrogen-bond donors (Lipinski definition) is 2. The van der Waals surface area contributed by atoms with Crippen LogP contribution in [0.4, 0.5) is 0 Å². The lowest BCUT2D eigenvalue weighted by molar-refractivity contribution is -0.137. The SMILES string of the molecule is CC(C)N1C=CNC(C(N)=O)C1=O. The van der Waals surface area contributed by atoms with Gasteiger partial charge in [-0.25, -0.2) is 0 Å². The van der Waals surface area contributed by atoms with Crippen molar-refractivity contribution in [3.05, 3.63) is 12.4 Å². The molecule has 1 aliphatic heterocycles. The smallest absolute Gasteiger partial charge is 0.259 e. The number of carbonyl (C=O) groups is 2. The largest absolute Gasteiger partial charge is 0.371 e. The van der Waals surface area contributed by atoms with Gasteiger partial charge < -0.3 is 16.0 Å². The Balaban J connectivity index is 2.82. The third kappa shape index (κ3) is 1.80. The summed E-state index contributed by atoms with van der Waals surface area (Å²) in [5.41, 5.74) is 5.04. The van der Waals surface area contributed by atoms with E-state index in [0.29, 0.717) is 0 Å². The van der Waals surface area contributed by atoms with Crippen molar-refractivity contribution in [2.24, 2.45) is 5.73 Å². The molecule has 5 heteroatoms. The van der Waals surface area contributed by atoms with Crippen LogP contribution in [0.15, 0.2) is 12.4 Å². The van der Waals surface area contributed by atoms with Crippen molar-refractivity contribution in [3.63, 3.8) is 0 Å². The van der Waals surface area contributed by atoms with Gasteiger partial charge >= 0.3 is 0 Å². The molecular weight excluding hydrogens is 170 g/mol. The summed E-state index contributed by atoms with van der Waals surface area (Å²) in [5.74, 6) is -0.954. The lowest BCUT2D eigenvalue weighted by Crippen LogP contribution is -2.54. The Kier molecular flexibility index (Phi) is 2.55. The topological polar surface area (TPSA) is 75.4 Å². The van der Waals surface area contributed by atoms with Gasteiger partial charge in [0.15, 0.2) is 6.04 Å². The van der Waals surface area contributed by atoms with Gasteiger partial charge in [-0.2, -0.15) is 0 Å². The van der Waals surface area contributed by atoms with Crippen LogP contribution in [0.1, 0.15) is 13.8 Å². The van der Waals surface area contributed by atoms with Crippen molar-refractivity contribution in [2.75, 3.05) is 0 Å². The molecule has 0 fully saturated rings. The lowest BCUT2D eigenvalue weighted by atomic mass is 10.2. The molecule has 0 aromatic rings. The van der Waals surface area contributed by atoms with Crippen molar-refractivity contribution in [3.8, 4) is 0 Å². The van der Waals surface area contributed by atoms with E-state index in [2.05, 4.69) is 5.32 Å². The fraction of sp³-hybridized carbons (Fsp3) is 0.500. The number of nitrogens with zero attached hydrogens (tertiary/aromatic N) is 1. The van der Waals surface area contributed by atoms with E-state index in [0.717, 1.165) is 0 Å². The third-order valence-corrected chi connectivity index (χ3v) is 1.84. The molecule has 1 atom stereocenters. The molecule has 0 bridgehead atoms. The zero-order valence-electron chi connectivity index (χ0n) is 7.65. The highest BCUT2D eigenvalue weighted by atomic mass is 16.2. The molecule has 72 valence electrons. The monoisotopic (exact) mass is 183 g/mol. The zero-order valence-corrected chi connectivity index (χ0v) is 7.65. The van der Waals surface area contributed by atoms with Crippen molar-refractivity contribution >= 4 is 11.8 Å². The van der Waals surface area contributed by atoms with Crippen LogP contribution in [-0.2, 0) is 9.59 Å². The van der Waals surface area contributed by atoms with E-state index in [1.54, 1.807) is 12.4 Å². The van der Waals surface area contributed by atoms with Gasteiger partial charge in [-0.05, 0) is 13.8 Å². The normalized spacial score (nSPS) is 21.9. The summed E-state index contributed by atoms with van der Waals surface area (Å²) in [5, 5.41) is 2.61. The van der Waals surface area contributed by atoms with E-state index in [1.807, 2.05) is 13.8 Å². The molecule has 5 nitrogen and oxygen atoms in total. The fourth-order valence-corrected chi connectivity index (χ4v) is 1.14. The number of amides is 2. The number of primary amides is 1. The van der Waals surface area contributed by atoms with Crippen molar-refractivity contribution < 1.29 is 9.59 Å². The second-order valence-corrected chi connectivity index (χ2v) is 3.16. The van der Waals surface area contributed by atoms with Gasteiger partial charge in [-0.1, -0.05) is 0 Å². The first-order valence-corrected chi connectivity index (χ1v) is 4.08. The maximum Gasteiger partial charge on any atom is 0.259 e. The Morgan fingerprint density at radius 1 is 1.69 bits per heavy atom. The predicted molar refractivity (Wildman–Crippen MR) is 47.2 cm³/mol. The van der Waals surface area contributed by atoms with Gasteiger partial charge in [0.25, 0.3) is 5.91 Å². The summed E-state index contributed by atoms with van der Waals surface area (Å²) in [6.45, 7) is 3.73. The Morgan fingerprint density at radius 2 is 2.31 bits per heavy atom. The van der Waals surface area contributed by atoms with Crippen LogP contribution in [-0.4, -0.2) is 28.8 Å². The molecule has 1 unspecified atom stereocenters. The van der Waals surface area contributed by atoms with E-state index in [4.69, 9.17) is 5.73 Å². The van der Waals surface area contributed by atoms with E-state index >= 15 is 0 Å². The van der Waals surface area contributed by atoms with E-state index in [-0.39, 0.29) is 11.9 Å². The second kappa shape index (κ2) is 3.47. The Hall–Kier alpha value is -1.52. The molecular formula is C8H13N3O2. The molecule has 0 saturated carbocycles. The molecule has 1 rings (SSSR count). The average molecular weight is 183 g/mol. The summed E-state index contributed by atoms with van der Waals surface area (Å²) in [7, 11) is 0. The quantitative estimate of drug-likeness (QED) is 0.548. The van der Waals surface area contributed by atoms with Gasteiger partial charge in [-0.3, -0.25) is 9.59 Å². The molecule has 0 aliphatic carbocycles. The van der Waals surface area contributed by atoms with Crippen LogP contribution in [0.5, 0.6) is 0 Å². The van der Waals surface area contributed by atoms with Gasteiger partial charge in [-0.15, -0.1) is 0 Å². The summed E-state index contributed by atoms with van der Waals surface area (Å²) in [6.07, 6.45) is 3.16. The number of nitrogens with one attached hydrogen (secondary N) is 1. The van der Waals surface area contributed by atoms with Crippen LogP contribution in [0.3, 0.4) is 0 Å². The average Bonchev–Trinajstić information content (AvgIpc) is 2.03. The number of rotatable bonds is 2. The second-order valence-electron chi connectivity index (χ2n) is 3.16. The zero-order chi connectivity index (χ0) is 10.0. The summed E-state index contributed by atoms with van der Waals surface area (Å²) in [6, 6.07) is -0.889. The van der Waals surface area contributed by atoms with E-state index < -0.39 is 11.9 Å². The Bertz CT molecular complexity index is 260. The minimum atomic E-state index is -0.924. The highest BCUT2D eigenvalue weighted by Crippen LogP contribution is 2.06. The van der Waals surface area contributed by atoms with Crippen LogP contribution >= 0.6 is 0 Å². The lowest BCUT2D eigenvalue weighted by Gasteiger charge is -2.29. The first-order chi connectivity index (χ1) is 6.04. The molecule has 13 heavy (non-hydrogen) atoms. The first-order valence-electron chi connectivity index (χ1n) is 4.08. The highest BCUT2D eigenvalue weighted by molar-refractivity contribution is 6.04. The minimum absolute atomic E-state index is 0.0349. The van der Waals surface area contributed by atoms with Crippen molar-refractivity contribution in [1.82, 2.24) is 10.2 Å². The standard InChI is InChI=1S/C8H13N3O2/c1-5(2)11-4-3-10-6(7(9)12)8(11)13/h3-6,10H,1-2H3,(H2,9,12). The van der Waals surface area contributed by atoms with E-state index in [9.17, 15) is 9.59 Å². The molecule has 0 aromatic heterocycles. The van der Waals surface area contributed by atoms with Crippen molar-refractivity contribution in [1.29, 1.82) is 0 Å². The maximum absolute atomic E-state index is 11.5. The van der Waals surface area contributed by atoms with Crippen LogP contribution < -0.4 is 11.1 Å². The summed E-state index contributed by atoms with van der Waals surface area (Å²) < 4.78 is 0. The summed E-state index contributed by atoms with van der Waals surface area (Å²) in [4.78, 5) is 23.8. The fourth-order valence-electron chi connectivity index (χ4n) is 1.14. The third-order valence-electron chi connectivity index (χ3n) is 1.84. The molecule has 0 saturated heterocycles. The Morgan fingerprint density at radius 3 is 2.77 bits per heavy atom. The summed E-state index contributed by atoms with van der Waals surface area (Å²) >= 11 is 0. The van der Waals surface area contributed by atoms with Crippen LogP contribution in [0.2, 0.25) is 0 Å². The first kappa shape index (κ1) is 9.57. The number of nitrogens with two attached hydrogens (primary N) is 1. The molecule has 2 amide bonds. The van der Waals surface area contributed by atoms with E-state index in [1.165, 1.54) is 4.90 Å². The molecule has 3 N–H and O–H groups in total. The van der Waals surface area contributed by atoms with Gasteiger partial charge in [0.1, 0.15) is 0 Å². The number of carbonyl (C=O) groups excluding carboxylic acids is 2. The van der Waals surface area contributed by atoms with Gasteiger partial charge in [0.05, 0.1) is 0 Å². The van der Waals surface area contributed by atoms with Crippen LogP contribution in [0.25, 0.3) is 0 Å². The predicted octanol–water partition coefficient (Wildman–Crippen LogP) is -0.848. The minimum Gasteiger partial charge on any atom is -0.371 e. The van der Waals surface area contributed by atoms with Crippen molar-refractivity contribution in [2.45, 2.75) is 25.9 Å². The Labute approximate surface area is 76.6 Å². The highest BCUT2D eigenvalue weighted by Gasteiger charge is 2.30. The molecule has 0 radical (unpaired) electrons.